The van der Waals surface area contributed by atoms with E-state index < -0.39 is 4.92 Å². The molecular formula is C14H20BrN5O3. The number of nitro groups is 1. The largest absolute Gasteiger partial charge is 0.404 e. The van der Waals surface area contributed by atoms with Crippen LogP contribution in [0.3, 0.4) is 0 Å². The zero-order valence-electron chi connectivity index (χ0n) is 12.9. The van der Waals surface area contributed by atoms with Crippen molar-refractivity contribution in [1.29, 1.82) is 0 Å². The standard InChI is InChI=1S/C14H20BrN5O3/c1-18-10-2-3-11(18)7-9(6-10)16-13(21)4-5-19-8-12(15)14(17-19)20(22)23/h8-11H,2-7H2,1H3,(H,16,21). The Bertz CT molecular complexity index is 606. The maximum absolute atomic E-state index is 12.1. The van der Waals surface area contributed by atoms with Gasteiger partial charge in [0.05, 0.1) is 17.8 Å². The number of aromatic nitrogens is 2. The highest BCUT2D eigenvalue weighted by atomic mass is 79.9. The predicted molar refractivity (Wildman–Crippen MR) is 86.9 cm³/mol. The number of amides is 1. The summed E-state index contributed by atoms with van der Waals surface area (Å²) in [6.45, 7) is 0.331. The van der Waals surface area contributed by atoms with Crippen LogP contribution in [-0.2, 0) is 11.3 Å². The van der Waals surface area contributed by atoms with Crippen LogP contribution in [-0.4, -0.2) is 50.7 Å². The number of carbonyl (C=O) groups excluding carboxylic acids is 1. The molecule has 0 aromatic carbocycles. The number of fused-ring (bicyclic) bond motifs is 2. The summed E-state index contributed by atoms with van der Waals surface area (Å²) in [5, 5.41) is 17.7. The maximum atomic E-state index is 12.1. The monoisotopic (exact) mass is 385 g/mol. The van der Waals surface area contributed by atoms with E-state index in [1.165, 1.54) is 23.7 Å². The second-order valence-corrected chi connectivity index (χ2v) is 7.21. The lowest BCUT2D eigenvalue weighted by molar-refractivity contribution is -0.390. The lowest BCUT2D eigenvalue weighted by atomic mass is 9.98. The number of carbonyl (C=O) groups is 1. The molecular weight excluding hydrogens is 366 g/mol. The van der Waals surface area contributed by atoms with Gasteiger partial charge in [0.2, 0.25) is 5.91 Å². The van der Waals surface area contributed by atoms with Gasteiger partial charge in [0.25, 0.3) is 0 Å². The SMILES string of the molecule is CN1C2CCC1CC(NC(=O)CCn1cc(Br)c([N+](=O)[O-])n1)C2. The van der Waals surface area contributed by atoms with Gasteiger partial charge in [-0.05, 0) is 53.6 Å². The number of halogens is 1. The lowest BCUT2D eigenvalue weighted by Crippen LogP contribution is -2.48. The Morgan fingerprint density at radius 1 is 1.48 bits per heavy atom. The second kappa shape index (κ2) is 6.56. The van der Waals surface area contributed by atoms with E-state index in [2.05, 4.69) is 38.3 Å². The molecule has 2 fully saturated rings. The van der Waals surface area contributed by atoms with Crippen molar-refractivity contribution >= 4 is 27.7 Å². The molecule has 126 valence electrons. The third-order valence-corrected chi connectivity index (χ3v) is 5.46. The van der Waals surface area contributed by atoms with Gasteiger partial charge in [0.15, 0.2) is 0 Å². The van der Waals surface area contributed by atoms with Crippen LogP contribution in [0.2, 0.25) is 0 Å². The molecule has 0 spiro atoms. The molecule has 2 atom stereocenters. The summed E-state index contributed by atoms with van der Waals surface area (Å²) in [5.41, 5.74) is 0. The minimum Gasteiger partial charge on any atom is -0.358 e. The first-order valence-electron chi connectivity index (χ1n) is 7.82. The molecule has 1 aromatic heterocycles. The molecule has 0 radical (unpaired) electrons. The van der Waals surface area contributed by atoms with Crippen LogP contribution >= 0.6 is 15.9 Å². The van der Waals surface area contributed by atoms with Gasteiger partial charge >= 0.3 is 5.82 Å². The maximum Gasteiger partial charge on any atom is 0.404 e. The fraction of sp³-hybridized carbons (Fsp3) is 0.714. The highest BCUT2D eigenvalue weighted by Crippen LogP contribution is 2.34. The third kappa shape index (κ3) is 3.55. The Kier molecular flexibility index (Phi) is 4.67. The topological polar surface area (TPSA) is 93.3 Å². The van der Waals surface area contributed by atoms with E-state index in [-0.39, 0.29) is 24.2 Å². The van der Waals surface area contributed by atoms with Gasteiger partial charge in [0, 0.05) is 24.5 Å². The van der Waals surface area contributed by atoms with Crippen LogP contribution in [0.5, 0.6) is 0 Å². The van der Waals surface area contributed by atoms with Crippen molar-refractivity contribution in [3.05, 3.63) is 20.8 Å². The molecule has 2 bridgehead atoms. The Labute approximate surface area is 142 Å². The molecule has 23 heavy (non-hydrogen) atoms. The zero-order valence-corrected chi connectivity index (χ0v) is 14.5. The first kappa shape index (κ1) is 16.4. The van der Waals surface area contributed by atoms with Gasteiger partial charge in [-0.15, -0.1) is 0 Å². The van der Waals surface area contributed by atoms with E-state index in [1.807, 2.05) is 0 Å². The summed E-state index contributed by atoms with van der Waals surface area (Å²) in [7, 11) is 2.17. The molecule has 0 saturated carbocycles. The number of aryl methyl sites for hydroxylation is 1. The van der Waals surface area contributed by atoms with E-state index in [9.17, 15) is 14.9 Å². The fourth-order valence-corrected chi connectivity index (χ4v) is 4.13. The third-order valence-electron chi connectivity index (χ3n) is 4.90. The molecule has 8 nitrogen and oxygen atoms in total. The molecule has 1 amide bonds. The Morgan fingerprint density at radius 3 is 2.70 bits per heavy atom. The van der Waals surface area contributed by atoms with Crippen LogP contribution in [0.15, 0.2) is 10.7 Å². The van der Waals surface area contributed by atoms with Crippen molar-refractivity contribution in [1.82, 2.24) is 20.0 Å². The molecule has 1 aromatic rings. The van der Waals surface area contributed by atoms with Crippen LogP contribution in [0.1, 0.15) is 32.1 Å². The average Bonchev–Trinajstić information content (AvgIpc) is 2.93. The van der Waals surface area contributed by atoms with Crippen molar-refractivity contribution in [3.63, 3.8) is 0 Å². The van der Waals surface area contributed by atoms with Crippen LogP contribution in [0.25, 0.3) is 0 Å². The molecule has 3 heterocycles. The molecule has 2 aliphatic heterocycles. The lowest BCUT2D eigenvalue weighted by Gasteiger charge is -2.36. The zero-order chi connectivity index (χ0) is 16.6. The summed E-state index contributed by atoms with van der Waals surface area (Å²) in [5.74, 6) is -0.245. The van der Waals surface area contributed by atoms with Crippen molar-refractivity contribution in [3.8, 4) is 0 Å². The Hall–Kier alpha value is -1.48. The minimum absolute atomic E-state index is 0.0202. The van der Waals surface area contributed by atoms with Crippen molar-refractivity contribution in [2.24, 2.45) is 0 Å². The summed E-state index contributed by atoms with van der Waals surface area (Å²) < 4.78 is 1.76. The predicted octanol–water partition coefficient (Wildman–Crippen LogP) is 1.69. The first-order chi connectivity index (χ1) is 10.9. The second-order valence-electron chi connectivity index (χ2n) is 6.36. The molecule has 1 N–H and O–H groups in total. The highest BCUT2D eigenvalue weighted by Gasteiger charge is 2.38. The molecule has 3 rings (SSSR count). The number of piperidine rings is 1. The van der Waals surface area contributed by atoms with Gasteiger partial charge in [-0.25, -0.2) is 0 Å². The minimum atomic E-state index is -0.547. The summed E-state index contributed by atoms with van der Waals surface area (Å²) in [6, 6.07) is 1.42. The number of nitrogens with zero attached hydrogens (tertiary/aromatic N) is 4. The van der Waals surface area contributed by atoms with E-state index in [0.29, 0.717) is 23.1 Å². The van der Waals surface area contributed by atoms with E-state index in [0.717, 1.165) is 12.8 Å². The highest BCUT2D eigenvalue weighted by molar-refractivity contribution is 9.10. The summed E-state index contributed by atoms with van der Waals surface area (Å²) in [4.78, 5) is 24.7. The molecule has 2 saturated heterocycles. The number of hydrogen-bond donors (Lipinski definition) is 1. The van der Waals surface area contributed by atoms with Crippen LogP contribution < -0.4 is 5.32 Å². The number of nitrogens with one attached hydrogen (secondary N) is 1. The number of rotatable bonds is 5. The molecule has 2 aliphatic rings. The Balaban J connectivity index is 1.49. The van der Waals surface area contributed by atoms with Crippen LogP contribution in [0, 0.1) is 10.1 Å². The van der Waals surface area contributed by atoms with E-state index in [1.54, 1.807) is 0 Å². The van der Waals surface area contributed by atoms with Gasteiger partial charge in [-0.2, -0.15) is 4.68 Å². The average molecular weight is 386 g/mol. The summed E-state index contributed by atoms with van der Waals surface area (Å²) >= 11 is 3.10. The molecule has 2 unspecified atom stereocenters. The Morgan fingerprint density at radius 2 is 2.13 bits per heavy atom. The number of hydrogen-bond acceptors (Lipinski definition) is 5. The van der Waals surface area contributed by atoms with Crippen molar-refractivity contribution < 1.29 is 9.72 Å². The quantitative estimate of drug-likeness (QED) is 0.614. The van der Waals surface area contributed by atoms with Crippen molar-refractivity contribution in [2.75, 3.05) is 7.05 Å². The van der Waals surface area contributed by atoms with Gasteiger partial charge < -0.3 is 20.3 Å². The van der Waals surface area contributed by atoms with E-state index >= 15 is 0 Å². The fourth-order valence-electron chi connectivity index (χ4n) is 3.67. The smallest absolute Gasteiger partial charge is 0.358 e. The van der Waals surface area contributed by atoms with Gasteiger partial charge in [0.1, 0.15) is 4.47 Å². The van der Waals surface area contributed by atoms with Gasteiger partial charge in [-0.1, -0.05) is 0 Å². The van der Waals surface area contributed by atoms with Crippen LogP contribution in [0.4, 0.5) is 5.82 Å². The first-order valence-corrected chi connectivity index (χ1v) is 8.62. The normalized spacial score (nSPS) is 27.1. The van der Waals surface area contributed by atoms with E-state index in [4.69, 9.17) is 0 Å². The summed E-state index contributed by atoms with van der Waals surface area (Å²) in [6.07, 6.45) is 6.26. The van der Waals surface area contributed by atoms with Gasteiger partial charge in [-0.3, -0.25) is 4.79 Å². The molecule has 9 heteroatoms. The van der Waals surface area contributed by atoms with Crippen molar-refractivity contribution in [2.45, 2.75) is 56.8 Å². The molecule has 0 aliphatic carbocycles.